The van der Waals surface area contributed by atoms with Gasteiger partial charge < -0.3 is 14.5 Å². The second kappa shape index (κ2) is 13.8. The smallest absolute Gasteiger partial charge is 0.256 e. The fourth-order valence-corrected chi connectivity index (χ4v) is 7.05. The maximum atomic E-state index is 13.5. The van der Waals surface area contributed by atoms with Crippen LogP contribution < -0.4 is 9.64 Å². The molecular weight excluding hydrogens is 536 g/mol. The summed E-state index contributed by atoms with van der Waals surface area (Å²) in [5.74, 6) is 2.58. The van der Waals surface area contributed by atoms with Crippen molar-refractivity contribution in [2.24, 2.45) is 11.3 Å². The van der Waals surface area contributed by atoms with E-state index in [4.69, 9.17) is 4.74 Å². The van der Waals surface area contributed by atoms with Crippen LogP contribution in [0.25, 0.3) is 0 Å². The highest BCUT2D eigenvalue weighted by molar-refractivity contribution is 5.93. The molecule has 8 nitrogen and oxygen atoms in total. The Kier molecular flexibility index (Phi) is 9.51. The Morgan fingerprint density at radius 3 is 2.49 bits per heavy atom. The molecule has 1 amide bonds. The molecule has 3 aliphatic rings. The van der Waals surface area contributed by atoms with Gasteiger partial charge in [0.2, 0.25) is 5.95 Å². The van der Waals surface area contributed by atoms with Crippen molar-refractivity contribution in [1.29, 1.82) is 0 Å². The molecule has 5 heterocycles. The fourth-order valence-electron chi connectivity index (χ4n) is 7.05. The van der Waals surface area contributed by atoms with E-state index in [2.05, 4.69) is 62.0 Å². The molecular formula is C35H46N6O2. The SMILES string of the molecule is CC1CCN(c2ncc(C(=O)N3CCC4(CCCCc5ccccc5OCCN(Cc5cccnc5)C4)CC3)cn2)CC1. The number of ether oxygens (including phenoxy) is 1. The van der Waals surface area contributed by atoms with Crippen molar-refractivity contribution in [2.75, 3.05) is 50.8 Å². The first kappa shape index (κ1) is 29.5. The summed E-state index contributed by atoms with van der Waals surface area (Å²) in [6.07, 6.45) is 16.2. The van der Waals surface area contributed by atoms with Crippen LogP contribution in [0, 0.1) is 11.3 Å². The standard InChI is InChI=1S/C35H46N6O2/c1-28-11-17-41(18-12-28)34-37-24-31(25-38-34)33(42)40-19-14-35(15-20-40)13-5-4-9-30-8-2-3-10-32(30)43-22-21-39(27-35)26-29-7-6-16-36-23-29/h2-3,6-8,10,16,23-25,28H,4-5,9,11-15,17-22,26-27H2,1H3. The number of para-hydroxylation sites is 1. The van der Waals surface area contributed by atoms with Crippen LogP contribution >= 0.6 is 0 Å². The van der Waals surface area contributed by atoms with E-state index in [9.17, 15) is 4.79 Å². The maximum Gasteiger partial charge on any atom is 0.256 e. The number of nitrogens with zero attached hydrogens (tertiary/aromatic N) is 6. The molecule has 1 spiro atoms. The number of carbonyl (C=O) groups is 1. The lowest BCUT2D eigenvalue weighted by Gasteiger charge is -2.45. The predicted octanol–water partition coefficient (Wildman–Crippen LogP) is 5.64. The van der Waals surface area contributed by atoms with E-state index in [-0.39, 0.29) is 11.3 Å². The summed E-state index contributed by atoms with van der Waals surface area (Å²) in [4.78, 5) is 33.9. The first-order chi connectivity index (χ1) is 21.1. The quantitative estimate of drug-likeness (QED) is 0.394. The zero-order chi connectivity index (χ0) is 29.5. The number of carbonyl (C=O) groups excluding carboxylic acids is 1. The largest absolute Gasteiger partial charge is 0.492 e. The molecule has 0 aliphatic carbocycles. The minimum atomic E-state index is 0.0547. The first-order valence-corrected chi connectivity index (χ1v) is 16.3. The van der Waals surface area contributed by atoms with E-state index in [1.54, 1.807) is 12.4 Å². The average Bonchev–Trinajstić information content (AvgIpc) is 3.04. The van der Waals surface area contributed by atoms with Crippen LogP contribution in [0.2, 0.25) is 0 Å². The molecule has 0 atom stereocenters. The number of aryl methyl sites for hydroxylation is 1. The summed E-state index contributed by atoms with van der Waals surface area (Å²) in [7, 11) is 0. The molecule has 0 radical (unpaired) electrons. The molecule has 43 heavy (non-hydrogen) atoms. The molecule has 2 aromatic heterocycles. The van der Waals surface area contributed by atoms with Gasteiger partial charge in [-0.1, -0.05) is 37.6 Å². The van der Waals surface area contributed by atoms with Crippen LogP contribution in [0.5, 0.6) is 5.75 Å². The number of hydrogen-bond acceptors (Lipinski definition) is 7. The Bertz CT molecular complexity index is 1320. The molecule has 0 N–H and O–H groups in total. The first-order valence-electron chi connectivity index (χ1n) is 16.3. The van der Waals surface area contributed by atoms with Gasteiger partial charge in [-0.15, -0.1) is 0 Å². The van der Waals surface area contributed by atoms with E-state index >= 15 is 0 Å². The Hall–Kier alpha value is -3.52. The minimum Gasteiger partial charge on any atom is -0.492 e. The zero-order valence-corrected chi connectivity index (χ0v) is 25.7. The van der Waals surface area contributed by atoms with Crippen LogP contribution in [0.15, 0.2) is 61.2 Å². The summed E-state index contributed by atoms with van der Waals surface area (Å²) in [6.45, 7) is 9.17. The number of piperidine rings is 2. The van der Waals surface area contributed by atoms with Crippen molar-refractivity contribution < 1.29 is 9.53 Å². The molecule has 228 valence electrons. The van der Waals surface area contributed by atoms with Gasteiger partial charge in [-0.2, -0.15) is 0 Å². The van der Waals surface area contributed by atoms with E-state index in [1.807, 2.05) is 23.4 Å². The van der Waals surface area contributed by atoms with Crippen molar-refractivity contribution in [3.8, 4) is 5.75 Å². The van der Waals surface area contributed by atoms with Gasteiger partial charge in [0, 0.05) is 70.6 Å². The third-order valence-electron chi connectivity index (χ3n) is 9.79. The number of likely N-dealkylation sites (tertiary alicyclic amines) is 1. The number of rotatable bonds is 4. The van der Waals surface area contributed by atoms with E-state index in [0.29, 0.717) is 12.2 Å². The lowest BCUT2D eigenvalue weighted by atomic mass is 9.73. The van der Waals surface area contributed by atoms with Gasteiger partial charge in [-0.05, 0) is 79.5 Å². The molecule has 3 aliphatic heterocycles. The highest BCUT2D eigenvalue weighted by Crippen LogP contribution is 2.39. The van der Waals surface area contributed by atoms with Gasteiger partial charge in [0.25, 0.3) is 5.91 Å². The van der Waals surface area contributed by atoms with Crippen LogP contribution in [0.4, 0.5) is 5.95 Å². The fraction of sp³-hybridized carbons (Fsp3) is 0.543. The highest BCUT2D eigenvalue weighted by atomic mass is 16.5. The lowest BCUT2D eigenvalue weighted by Crippen LogP contribution is -2.48. The number of hydrogen-bond donors (Lipinski definition) is 0. The summed E-state index contributed by atoms with van der Waals surface area (Å²) < 4.78 is 6.33. The van der Waals surface area contributed by atoms with E-state index in [0.717, 1.165) is 89.1 Å². The van der Waals surface area contributed by atoms with E-state index < -0.39 is 0 Å². The summed E-state index contributed by atoms with van der Waals surface area (Å²) >= 11 is 0. The number of amides is 1. The molecule has 1 aromatic carbocycles. The summed E-state index contributed by atoms with van der Waals surface area (Å²) in [5.41, 5.74) is 3.29. The number of fused-ring (bicyclic) bond motifs is 1. The lowest BCUT2D eigenvalue weighted by molar-refractivity contribution is 0.0360. The normalized spacial score (nSPS) is 20.5. The molecule has 6 rings (SSSR count). The third-order valence-corrected chi connectivity index (χ3v) is 9.79. The van der Waals surface area contributed by atoms with Crippen molar-refractivity contribution >= 4 is 11.9 Å². The van der Waals surface area contributed by atoms with Gasteiger partial charge in [0.15, 0.2) is 0 Å². The van der Waals surface area contributed by atoms with Crippen LogP contribution in [0.1, 0.15) is 73.4 Å². The second-order valence-electron chi connectivity index (χ2n) is 13.0. The molecule has 0 bridgehead atoms. The predicted molar refractivity (Wildman–Crippen MR) is 169 cm³/mol. The summed E-state index contributed by atoms with van der Waals surface area (Å²) in [5, 5.41) is 0. The third kappa shape index (κ3) is 7.53. The van der Waals surface area contributed by atoms with Crippen molar-refractivity contribution in [3.05, 3.63) is 77.9 Å². The van der Waals surface area contributed by atoms with Crippen molar-refractivity contribution in [1.82, 2.24) is 24.8 Å². The molecule has 2 fully saturated rings. The number of anilines is 1. The average molecular weight is 583 g/mol. The Morgan fingerprint density at radius 2 is 1.72 bits per heavy atom. The van der Waals surface area contributed by atoms with E-state index in [1.165, 1.54) is 36.8 Å². The minimum absolute atomic E-state index is 0.0547. The number of pyridine rings is 1. The van der Waals surface area contributed by atoms with Crippen LogP contribution in [0.3, 0.4) is 0 Å². The summed E-state index contributed by atoms with van der Waals surface area (Å²) in [6, 6.07) is 12.7. The molecule has 8 heteroatoms. The van der Waals surface area contributed by atoms with Gasteiger partial charge in [-0.25, -0.2) is 9.97 Å². The molecule has 3 aromatic rings. The zero-order valence-electron chi connectivity index (χ0n) is 25.7. The highest BCUT2D eigenvalue weighted by Gasteiger charge is 2.37. The molecule has 0 unspecified atom stereocenters. The topological polar surface area (TPSA) is 74.7 Å². The van der Waals surface area contributed by atoms with Crippen molar-refractivity contribution in [2.45, 2.75) is 64.8 Å². The van der Waals surface area contributed by atoms with Gasteiger partial charge in [0.05, 0.1) is 5.56 Å². The molecule has 0 saturated carbocycles. The Morgan fingerprint density at radius 1 is 0.930 bits per heavy atom. The Labute approximate surface area is 256 Å². The van der Waals surface area contributed by atoms with Gasteiger partial charge in [0.1, 0.15) is 12.4 Å². The maximum absolute atomic E-state index is 13.5. The number of aromatic nitrogens is 3. The van der Waals surface area contributed by atoms with Crippen LogP contribution in [-0.2, 0) is 13.0 Å². The molecule has 2 saturated heterocycles. The van der Waals surface area contributed by atoms with Gasteiger partial charge in [-0.3, -0.25) is 14.7 Å². The van der Waals surface area contributed by atoms with Crippen molar-refractivity contribution in [3.63, 3.8) is 0 Å². The van der Waals surface area contributed by atoms with Crippen LogP contribution in [-0.4, -0.2) is 76.5 Å². The monoisotopic (exact) mass is 582 g/mol. The second-order valence-corrected chi connectivity index (χ2v) is 13.0. The Balaban J connectivity index is 1.13. The number of benzene rings is 1. The van der Waals surface area contributed by atoms with Gasteiger partial charge >= 0.3 is 0 Å².